The maximum absolute atomic E-state index is 10.6. The monoisotopic (exact) mass is 163 g/mol. The molecule has 0 radical (unpaired) electrons. The fraction of sp³-hybridized carbons (Fsp3) is 0.375. The summed E-state index contributed by atoms with van der Waals surface area (Å²) in [5.74, 6) is 0. The first-order chi connectivity index (χ1) is 5.92. The van der Waals surface area contributed by atoms with Gasteiger partial charge in [0.25, 0.3) is 0 Å². The molecule has 0 saturated heterocycles. The van der Waals surface area contributed by atoms with Crippen molar-refractivity contribution in [2.45, 2.75) is 12.5 Å². The van der Waals surface area contributed by atoms with Crippen molar-refractivity contribution in [3.8, 4) is 0 Å². The van der Waals surface area contributed by atoms with E-state index in [1.54, 1.807) is 6.20 Å². The number of carbonyl (C=O) groups is 1. The van der Waals surface area contributed by atoms with Gasteiger partial charge < -0.3 is 0 Å². The molecule has 2 heterocycles. The molecular formula is C8H9N3O. The molecule has 0 spiro atoms. The lowest BCUT2D eigenvalue weighted by atomic mass is 9.98. The van der Waals surface area contributed by atoms with Gasteiger partial charge in [0.2, 0.25) is 0 Å². The molecule has 1 unspecified atom stereocenters. The summed E-state index contributed by atoms with van der Waals surface area (Å²) in [5, 5.41) is 3.18. The molecule has 0 aliphatic carbocycles. The van der Waals surface area contributed by atoms with Gasteiger partial charge in [-0.05, 0) is 0 Å². The van der Waals surface area contributed by atoms with Crippen molar-refractivity contribution in [1.82, 2.24) is 5.32 Å². The zero-order valence-corrected chi connectivity index (χ0v) is 6.53. The second-order valence-electron chi connectivity index (χ2n) is 2.73. The number of hydrogen-bond acceptors (Lipinski definition) is 4. The van der Waals surface area contributed by atoms with Gasteiger partial charge in [0, 0.05) is 30.5 Å². The molecule has 0 fully saturated rings. The van der Waals surface area contributed by atoms with Crippen LogP contribution in [0, 0.1) is 0 Å². The average Bonchev–Trinajstić information content (AvgIpc) is 2.17. The number of carbonyl (C=O) groups excluding carboxylic acids is 1. The molecule has 0 amide bonds. The maximum Gasteiger partial charge on any atom is 0.168 e. The van der Waals surface area contributed by atoms with Crippen LogP contribution in [0.5, 0.6) is 0 Å². The summed E-state index contributed by atoms with van der Waals surface area (Å²) in [5.41, 5.74) is 1.45. The predicted molar refractivity (Wildman–Crippen MR) is 46.5 cm³/mol. The number of fused-ring (bicyclic) bond motifs is 1. The fourth-order valence-electron chi connectivity index (χ4n) is 1.39. The molecule has 1 N–H and O–H groups in total. The van der Waals surface area contributed by atoms with Crippen LogP contribution in [-0.2, 0) is 4.79 Å². The zero-order chi connectivity index (χ0) is 8.39. The maximum atomic E-state index is 10.6. The Kier molecular flexibility index (Phi) is 1.83. The molecule has 2 aliphatic heterocycles. The Morgan fingerprint density at radius 3 is 3.42 bits per heavy atom. The van der Waals surface area contributed by atoms with Gasteiger partial charge in [-0.25, -0.2) is 0 Å². The quantitative estimate of drug-likeness (QED) is 0.549. The smallest absolute Gasteiger partial charge is 0.168 e. The molecule has 0 aromatic rings. The van der Waals surface area contributed by atoms with Crippen LogP contribution in [0.15, 0.2) is 21.8 Å². The highest BCUT2D eigenvalue weighted by Crippen LogP contribution is 2.14. The molecule has 2 aliphatic rings. The summed E-state index contributed by atoms with van der Waals surface area (Å²) in [6.45, 7) is 0.532. The number of nitrogens with zero attached hydrogens (tertiary/aromatic N) is 2. The summed E-state index contributed by atoms with van der Waals surface area (Å²) >= 11 is 0. The normalized spacial score (nSPS) is 27.2. The third-order valence-electron chi connectivity index (χ3n) is 2.03. The van der Waals surface area contributed by atoms with Crippen molar-refractivity contribution >= 4 is 18.2 Å². The van der Waals surface area contributed by atoms with Gasteiger partial charge in [0.05, 0.1) is 6.67 Å². The van der Waals surface area contributed by atoms with E-state index in [1.165, 1.54) is 0 Å². The van der Waals surface area contributed by atoms with Crippen LogP contribution >= 0.6 is 0 Å². The number of hydrogen-bond donors (Lipinski definition) is 1. The van der Waals surface area contributed by atoms with Crippen molar-refractivity contribution in [2.75, 3.05) is 6.67 Å². The highest BCUT2D eigenvalue weighted by atomic mass is 16.1. The van der Waals surface area contributed by atoms with E-state index in [0.29, 0.717) is 12.4 Å². The van der Waals surface area contributed by atoms with Gasteiger partial charge in [0.15, 0.2) is 6.29 Å². The van der Waals surface area contributed by atoms with Gasteiger partial charge in [-0.15, -0.1) is 0 Å². The van der Waals surface area contributed by atoms with Gasteiger partial charge in [-0.1, -0.05) is 0 Å². The first-order valence-corrected chi connectivity index (χ1v) is 3.87. The van der Waals surface area contributed by atoms with Gasteiger partial charge >= 0.3 is 0 Å². The first-order valence-electron chi connectivity index (χ1n) is 3.87. The van der Waals surface area contributed by atoms with Crippen molar-refractivity contribution in [1.29, 1.82) is 0 Å². The number of aliphatic imine (C=N–C) groups is 2. The van der Waals surface area contributed by atoms with E-state index >= 15 is 0 Å². The molecule has 62 valence electrons. The van der Waals surface area contributed by atoms with Gasteiger partial charge in [0.1, 0.15) is 5.71 Å². The second kappa shape index (κ2) is 2.98. The van der Waals surface area contributed by atoms with Crippen LogP contribution in [0.3, 0.4) is 0 Å². The van der Waals surface area contributed by atoms with Crippen molar-refractivity contribution in [3.05, 3.63) is 11.8 Å². The number of nitrogens with one attached hydrogen (secondary N) is 1. The minimum absolute atomic E-state index is 0.236. The summed E-state index contributed by atoms with van der Waals surface area (Å²) in [7, 11) is 0. The second-order valence-corrected chi connectivity index (χ2v) is 2.73. The average molecular weight is 163 g/mol. The predicted octanol–water partition coefficient (Wildman–Crippen LogP) is -0.0860. The molecule has 1 atom stereocenters. The van der Waals surface area contributed by atoms with E-state index < -0.39 is 0 Å². The Morgan fingerprint density at radius 1 is 1.67 bits per heavy atom. The molecular weight excluding hydrogens is 154 g/mol. The molecule has 0 bridgehead atoms. The van der Waals surface area contributed by atoms with E-state index in [-0.39, 0.29) is 6.04 Å². The van der Waals surface area contributed by atoms with Crippen LogP contribution < -0.4 is 5.32 Å². The Bertz CT molecular complexity index is 291. The van der Waals surface area contributed by atoms with Crippen LogP contribution in [0.2, 0.25) is 0 Å². The lowest BCUT2D eigenvalue weighted by Crippen LogP contribution is -2.40. The van der Waals surface area contributed by atoms with Crippen LogP contribution in [0.25, 0.3) is 0 Å². The zero-order valence-electron chi connectivity index (χ0n) is 6.53. The number of rotatable bonds is 1. The summed E-state index contributed by atoms with van der Waals surface area (Å²) in [4.78, 5) is 18.6. The molecule has 4 nitrogen and oxygen atoms in total. The van der Waals surface area contributed by atoms with E-state index in [4.69, 9.17) is 0 Å². The Morgan fingerprint density at radius 2 is 2.58 bits per heavy atom. The Labute approximate surface area is 70.1 Å². The van der Waals surface area contributed by atoms with E-state index in [0.717, 1.165) is 18.3 Å². The molecule has 2 rings (SSSR count). The minimum atomic E-state index is 0.236. The Hall–Kier alpha value is -1.29. The SMILES string of the molecule is O=CC1=NCNC2CC=NC=C12. The summed E-state index contributed by atoms with van der Waals surface area (Å²) in [6.07, 6.45) is 5.18. The molecule has 0 aromatic carbocycles. The summed E-state index contributed by atoms with van der Waals surface area (Å²) in [6, 6.07) is 0.236. The van der Waals surface area contributed by atoms with E-state index in [2.05, 4.69) is 15.3 Å². The van der Waals surface area contributed by atoms with Gasteiger partial charge in [-0.3, -0.25) is 20.1 Å². The molecule has 4 heteroatoms. The van der Waals surface area contributed by atoms with Crippen molar-refractivity contribution < 1.29 is 4.79 Å². The van der Waals surface area contributed by atoms with Crippen molar-refractivity contribution in [2.24, 2.45) is 9.98 Å². The third kappa shape index (κ3) is 1.10. The van der Waals surface area contributed by atoms with Gasteiger partial charge in [-0.2, -0.15) is 0 Å². The summed E-state index contributed by atoms with van der Waals surface area (Å²) < 4.78 is 0. The highest BCUT2D eigenvalue weighted by Gasteiger charge is 2.22. The molecule has 0 saturated carbocycles. The van der Waals surface area contributed by atoms with E-state index in [1.807, 2.05) is 6.21 Å². The minimum Gasteiger partial charge on any atom is -0.296 e. The lowest BCUT2D eigenvalue weighted by molar-refractivity contribution is -0.102. The standard InChI is InChI=1S/C8H9N3O/c12-4-8-6-3-9-2-1-7(6)10-5-11-8/h2-4,7,10H,1,5H2. The third-order valence-corrected chi connectivity index (χ3v) is 2.03. The highest BCUT2D eigenvalue weighted by molar-refractivity contribution is 6.37. The first kappa shape index (κ1) is 7.36. The molecule has 0 aromatic heterocycles. The van der Waals surface area contributed by atoms with Crippen LogP contribution in [0.4, 0.5) is 0 Å². The number of aldehydes is 1. The largest absolute Gasteiger partial charge is 0.296 e. The molecule has 12 heavy (non-hydrogen) atoms. The lowest BCUT2D eigenvalue weighted by Gasteiger charge is -2.24. The van der Waals surface area contributed by atoms with Crippen LogP contribution in [-0.4, -0.2) is 30.9 Å². The fourth-order valence-corrected chi connectivity index (χ4v) is 1.39. The van der Waals surface area contributed by atoms with Crippen LogP contribution in [0.1, 0.15) is 6.42 Å². The van der Waals surface area contributed by atoms with Crippen molar-refractivity contribution in [3.63, 3.8) is 0 Å². The topological polar surface area (TPSA) is 53.8 Å². The van der Waals surface area contributed by atoms with E-state index in [9.17, 15) is 4.79 Å². The Balaban J connectivity index is 2.35.